The average Bonchev–Trinajstić information content (AvgIpc) is 3.69. The average molecular weight is 858 g/mol. The fourth-order valence-corrected chi connectivity index (χ4v) is 9.41. The number of nitrogens with one attached hydrogen (secondary N) is 3. The third-order valence-electron chi connectivity index (χ3n) is 13.5. The van der Waals surface area contributed by atoms with Crippen LogP contribution in [-0.4, -0.2) is 85.8 Å². The van der Waals surface area contributed by atoms with Crippen molar-refractivity contribution < 1.29 is 19.2 Å². The van der Waals surface area contributed by atoms with Crippen molar-refractivity contribution in [3.8, 4) is 0 Å². The lowest BCUT2D eigenvalue weighted by Gasteiger charge is -2.16. The number of nitrogens with zero attached hydrogens (tertiary/aromatic N) is 2. The molecular weight excluding hydrogens is 759 g/mol. The fourth-order valence-electron chi connectivity index (χ4n) is 9.41. The van der Waals surface area contributed by atoms with Gasteiger partial charge in [-0.3, -0.25) is 29.0 Å². The van der Waals surface area contributed by atoms with Gasteiger partial charge in [0.1, 0.15) is 0 Å². The molecule has 2 fully saturated rings. The van der Waals surface area contributed by atoms with Gasteiger partial charge >= 0.3 is 0 Å². The second kappa shape index (κ2) is 39.7. The molecule has 2 unspecified atom stereocenters. The lowest BCUT2D eigenvalue weighted by atomic mass is 9.98. The van der Waals surface area contributed by atoms with E-state index in [1.807, 2.05) is 0 Å². The summed E-state index contributed by atoms with van der Waals surface area (Å²) in [6.45, 7) is 9.78. The topological polar surface area (TPSA) is 111 Å². The van der Waals surface area contributed by atoms with Gasteiger partial charge in [0.2, 0.25) is 23.6 Å². The van der Waals surface area contributed by atoms with E-state index < -0.39 is 0 Å². The third kappa shape index (κ3) is 28.5. The molecule has 0 aromatic heterocycles. The van der Waals surface area contributed by atoms with Crippen molar-refractivity contribution in [1.29, 1.82) is 0 Å². The Labute approximate surface area is 376 Å². The highest BCUT2D eigenvalue weighted by molar-refractivity contribution is 6.04. The second-order valence-electron chi connectivity index (χ2n) is 19.0. The van der Waals surface area contributed by atoms with E-state index in [0.717, 1.165) is 64.7 Å². The van der Waals surface area contributed by atoms with Crippen LogP contribution in [-0.2, 0) is 19.2 Å². The van der Waals surface area contributed by atoms with Gasteiger partial charge < -0.3 is 16.0 Å². The Balaban J connectivity index is 1.33. The summed E-state index contributed by atoms with van der Waals surface area (Å²) in [5.74, 6) is -0.211. The number of hydrogen-bond donors (Lipinski definition) is 3. The SMILES string of the molecule is CCCCCCCCCCCCCCCCCCC1CC(=O)N(CCNCCNCCNCCN2C(=O)CC(CCCCCCCCCCCCCCCCCC)C2=O)C1=O. The Bertz CT molecular complexity index is 1010. The molecule has 0 radical (unpaired) electrons. The number of carbonyl (C=O) groups is 4. The minimum absolute atomic E-state index is 0.0132. The van der Waals surface area contributed by atoms with E-state index in [1.54, 1.807) is 0 Å². The highest BCUT2D eigenvalue weighted by Gasteiger charge is 2.38. The highest BCUT2D eigenvalue weighted by Crippen LogP contribution is 2.26. The first-order chi connectivity index (χ1) is 30.0. The zero-order valence-corrected chi connectivity index (χ0v) is 40.3. The maximum absolute atomic E-state index is 12.9. The van der Waals surface area contributed by atoms with Crippen molar-refractivity contribution >= 4 is 23.6 Å². The van der Waals surface area contributed by atoms with Gasteiger partial charge in [-0.15, -0.1) is 0 Å². The maximum atomic E-state index is 12.9. The first kappa shape index (κ1) is 55.3. The Hall–Kier alpha value is -1.84. The van der Waals surface area contributed by atoms with Crippen molar-refractivity contribution in [2.24, 2.45) is 11.8 Å². The zero-order valence-electron chi connectivity index (χ0n) is 40.3. The van der Waals surface area contributed by atoms with Crippen LogP contribution in [0.2, 0.25) is 0 Å². The lowest BCUT2D eigenvalue weighted by Crippen LogP contribution is -2.40. The molecule has 356 valence electrons. The van der Waals surface area contributed by atoms with E-state index in [2.05, 4.69) is 29.8 Å². The molecule has 0 aromatic carbocycles. The maximum Gasteiger partial charge on any atom is 0.232 e. The van der Waals surface area contributed by atoms with Crippen LogP contribution >= 0.6 is 0 Å². The summed E-state index contributed by atoms with van der Waals surface area (Å²) in [5.41, 5.74) is 0. The molecule has 2 rings (SSSR count). The van der Waals surface area contributed by atoms with E-state index in [1.165, 1.54) is 190 Å². The molecule has 4 amide bonds. The molecule has 9 heteroatoms. The number of likely N-dealkylation sites (tertiary alicyclic amines) is 2. The summed E-state index contributed by atoms with van der Waals surface area (Å²) in [6.07, 6.45) is 45.3. The van der Waals surface area contributed by atoms with Crippen LogP contribution in [0, 0.1) is 11.8 Å². The third-order valence-corrected chi connectivity index (χ3v) is 13.5. The molecule has 2 atom stereocenters. The molecule has 0 bridgehead atoms. The van der Waals surface area contributed by atoms with Crippen molar-refractivity contribution in [1.82, 2.24) is 25.8 Å². The molecule has 0 aliphatic carbocycles. The summed E-state index contributed by atoms with van der Waals surface area (Å²) < 4.78 is 0. The molecule has 2 heterocycles. The number of unbranched alkanes of at least 4 members (excludes halogenated alkanes) is 30. The second-order valence-corrected chi connectivity index (χ2v) is 19.0. The quantitative estimate of drug-likeness (QED) is 0.0413. The number of rotatable bonds is 46. The van der Waals surface area contributed by atoms with Crippen LogP contribution in [0.3, 0.4) is 0 Å². The van der Waals surface area contributed by atoms with Crippen LogP contribution in [0.5, 0.6) is 0 Å². The summed E-state index contributed by atoms with van der Waals surface area (Å²) in [6, 6.07) is 0. The number of amides is 4. The standard InChI is InChI=1S/C52H99N5O4/c1-3-5-7-9-11-13-15-17-19-21-23-25-27-29-31-33-35-47-45-49(58)56(51(47)60)43-41-54-39-37-53-38-40-55-42-44-57-50(59)46-48(52(57)61)36-34-32-30-28-26-24-22-20-18-16-14-12-10-8-6-4-2/h47-48,53-55H,3-46H2,1-2H3. The lowest BCUT2D eigenvalue weighted by molar-refractivity contribution is -0.140. The monoisotopic (exact) mass is 858 g/mol. The molecule has 0 aromatic rings. The predicted octanol–water partition coefficient (Wildman–Crippen LogP) is 11.8. The summed E-state index contributed by atoms with van der Waals surface area (Å²) in [7, 11) is 0. The Morgan fingerprint density at radius 1 is 0.344 bits per heavy atom. The van der Waals surface area contributed by atoms with Gasteiger partial charge in [-0.25, -0.2) is 0 Å². The summed E-state index contributed by atoms with van der Waals surface area (Å²) >= 11 is 0. The summed E-state index contributed by atoms with van der Waals surface area (Å²) in [5, 5.41) is 10.1. The highest BCUT2D eigenvalue weighted by atomic mass is 16.2. The van der Waals surface area contributed by atoms with E-state index in [4.69, 9.17) is 0 Å². The Morgan fingerprint density at radius 3 is 0.836 bits per heavy atom. The molecular formula is C52H99N5O4. The van der Waals surface area contributed by atoms with Gasteiger partial charge in [-0.1, -0.05) is 219 Å². The smallest absolute Gasteiger partial charge is 0.232 e. The van der Waals surface area contributed by atoms with Gasteiger partial charge in [0, 0.05) is 77.0 Å². The Kier molecular flexibility index (Phi) is 36.0. The van der Waals surface area contributed by atoms with E-state index in [9.17, 15) is 19.2 Å². The van der Waals surface area contributed by atoms with Gasteiger partial charge in [0.25, 0.3) is 0 Å². The summed E-state index contributed by atoms with van der Waals surface area (Å²) in [4.78, 5) is 53.8. The molecule has 0 spiro atoms. The van der Waals surface area contributed by atoms with Gasteiger partial charge in [-0.05, 0) is 12.8 Å². The molecule has 2 aliphatic heterocycles. The molecule has 61 heavy (non-hydrogen) atoms. The molecule has 3 N–H and O–H groups in total. The number of imide groups is 2. The largest absolute Gasteiger partial charge is 0.314 e. The molecule has 9 nitrogen and oxygen atoms in total. The minimum atomic E-state index is -0.120. The number of carbonyl (C=O) groups excluding carboxylic acids is 4. The zero-order chi connectivity index (χ0) is 43.9. The van der Waals surface area contributed by atoms with Crippen molar-refractivity contribution in [3.05, 3.63) is 0 Å². The van der Waals surface area contributed by atoms with Crippen molar-refractivity contribution in [2.75, 3.05) is 52.4 Å². The molecule has 2 saturated heterocycles. The normalized spacial score (nSPS) is 17.0. The first-order valence-corrected chi connectivity index (χ1v) is 26.8. The number of hydrogen-bond acceptors (Lipinski definition) is 7. The van der Waals surface area contributed by atoms with E-state index in [-0.39, 0.29) is 35.5 Å². The van der Waals surface area contributed by atoms with Crippen LogP contribution in [0.25, 0.3) is 0 Å². The van der Waals surface area contributed by atoms with Gasteiger partial charge in [0.15, 0.2) is 0 Å². The molecule has 2 aliphatic rings. The van der Waals surface area contributed by atoms with Crippen LogP contribution in [0.15, 0.2) is 0 Å². The fraction of sp³-hybridized carbons (Fsp3) is 0.923. The first-order valence-electron chi connectivity index (χ1n) is 26.8. The van der Waals surface area contributed by atoms with Crippen LogP contribution < -0.4 is 16.0 Å². The minimum Gasteiger partial charge on any atom is -0.314 e. The van der Waals surface area contributed by atoms with Crippen molar-refractivity contribution in [2.45, 2.75) is 245 Å². The predicted molar refractivity (Wildman–Crippen MR) is 257 cm³/mol. The van der Waals surface area contributed by atoms with Gasteiger partial charge in [-0.2, -0.15) is 0 Å². The van der Waals surface area contributed by atoms with Crippen molar-refractivity contribution in [3.63, 3.8) is 0 Å². The molecule has 0 saturated carbocycles. The van der Waals surface area contributed by atoms with Crippen LogP contribution in [0.4, 0.5) is 0 Å². The Morgan fingerprint density at radius 2 is 0.574 bits per heavy atom. The van der Waals surface area contributed by atoms with E-state index >= 15 is 0 Å². The van der Waals surface area contributed by atoms with Gasteiger partial charge in [0.05, 0.1) is 0 Å². The van der Waals surface area contributed by atoms with Crippen LogP contribution in [0.1, 0.15) is 245 Å². The van der Waals surface area contributed by atoms with E-state index in [0.29, 0.717) is 39.0 Å².